The van der Waals surface area contributed by atoms with E-state index in [4.69, 9.17) is 11.6 Å². The summed E-state index contributed by atoms with van der Waals surface area (Å²) in [6.45, 7) is 1.76. The Kier molecular flexibility index (Phi) is 8.46. The van der Waals surface area contributed by atoms with Crippen LogP contribution >= 0.6 is 23.4 Å². The standard InChI is InChI=1S/C23H23ClN4O2S2/c1-17-13-22(21(14-20(17)24)31-16-19-11-7-4-8-12-19)32(29,30)28-23(27-25-2)26-15-18-9-5-3-6-10-18/h3-15,25H,16H2,1-2H3,(H,27,28)/b26-15+. The lowest BCUT2D eigenvalue weighted by molar-refractivity contribution is 0.595. The molecule has 0 fully saturated rings. The topological polar surface area (TPSA) is 82.9 Å². The van der Waals surface area contributed by atoms with Gasteiger partial charge in [0, 0.05) is 28.9 Å². The van der Waals surface area contributed by atoms with Crippen LogP contribution in [-0.4, -0.2) is 27.6 Å². The van der Waals surface area contributed by atoms with Crippen LogP contribution in [0.3, 0.4) is 0 Å². The van der Waals surface area contributed by atoms with Gasteiger partial charge in [0.05, 0.1) is 0 Å². The molecule has 0 aliphatic carbocycles. The monoisotopic (exact) mass is 486 g/mol. The molecule has 3 rings (SSSR count). The number of guanidine groups is 1. The van der Waals surface area contributed by atoms with Gasteiger partial charge in [0.15, 0.2) is 0 Å². The van der Waals surface area contributed by atoms with Gasteiger partial charge < -0.3 is 0 Å². The minimum absolute atomic E-state index is 0.0806. The molecule has 0 bridgehead atoms. The van der Waals surface area contributed by atoms with Crippen molar-refractivity contribution in [3.05, 3.63) is 94.5 Å². The van der Waals surface area contributed by atoms with E-state index < -0.39 is 10.0 Å². The lowest BCUT2D eigenvalue weighted by Crippen LogP contribution is -2.33. The molecule has 3 aromatic carbocycles. The summed E-state index contributed by atoms with van der Waals surface area (Å²) in [6.07, 6.45) is 1.54. The summed E-state index contributed by atoms with van der Waals surface area (Å²) < 4.78 is 30.4. The van der Waals surface area contributed by atoms with E-state index in [1.807, 2.05) is 60.7 Å². The fourth-order valence-electron chi connectivity index (χ4n) is 2.71. The first kappa shape index (κ1) is 24.0. The summed E-state index contributed by atoms with van der Waals surface area (Å²) in [7, 11) is -2.46. The SMILES string of the molecule is CNNC(=N\S(=O)(=O)c1cc(C)c(Cl)cc1SCc1ccccc1)/N=C/c1ccccc1. The molecule has 9 heteroatoms. The molecule has 32 heavy (non-hydrogen) atoms. The first-order chi connectivity index (χ1) is 15.4. The maximum atomic E-state index is 13.2. The Morgan fingerprint density at radius 2 is 1.72 bits per heavy atom. The van der Waals surface area contributed by atoms with Crippen molar-refractivity contribution >= 4 is 45.6 Å². The van der Waals surface area contributed by atoms with Gasteiger partial charge in [-0.05, 0) is 35.7 Å². The lowest BCUT2D eigenvalue weighted by Gasteiger charge is -2.11. The van der Waals surface area contributed by atoms with Gasteiger partial charge in [-0.15, -0.1) is 16.2 Å². The number of aryl methyl sites for hydroxylation is 1. The lowest BCUT2D eigenvalue weighted by atomic mass is 10.2. The predicted molar refractivity (Wildman–Crippen MR) is 133 cm³/mol. The number of benzene rings is 3. The molecule has 0 saturated heterocycles. The van der Waals surface area contributed by atoms with E-state index in [2.05, 4.69) is 20.2 Å². The number of hydrazine groups is 1. The molecular weight excluding hydrogens is 464 g/mol. The largest absolute Gasteiger partial charge is 0.289 e. The highest BCUT2D eigenvalue weighted by Gasteiger charge is 2.21. The Balaban J connectivity index is 1.95. The number of hydrogen-bond donors (Lipinski definition) is 2. The number of nitrogens with one attached hydrogen (secondary N) is 2. The maximum absolute atomic E-state index is 13.2. The summed E-state index contributed by atoms with van der Waals surface area (Å²) >= 11 is 7.69. The second-order valence-electron chi connectivity index (χ2n) is 6.76. The van der Waals surface area contributed by atoms with Gasteiger partial charge in [-0.2, -0.15) is 8.42 Å². The van der Waals surface area contributed by atoms with Crippen LogP contribution in [-0.2, 0) is 15.8 Å². The molecule has 0 spiro atoms. The highest BCUT2D eigenvalue weighted by atomic mass is 35.5. The highest BCUT2D eigenvalue weighted by molar-refractivity contribution is 7.99. The minimum Gasteiger partial charge on any atom is -0.289 e. The van der Waals surface area contributed by atoms with Gasteiger partial charge in [-0.25, -0.2) is 10.4 Å². The quantitative estimate of drug-likeness (QED) is 0.216. The molecule has 0 aliphatic heterocycles. The molecule has 0 radical (unpaired) electrons. The molecule has 0 saturated carbocycles. The van der Waals surface area contributed by atoms with Crippen LogP contribution in [0, 0.1) is 6.92 Å². The molecule has 0 aromatic heterocycles. The summed E-state index contributed by atoms with van der Waals surface area (Å²) in [4.78, 5) is 4.82. The average molecular weight is 487 g/mol. The van der Waals surface area contributed by atoms with E-state index in [1.165, 1.54) is 18.0 Å². The van der Waals surface area contributed by atoms with Crippen molar-refractivity contribution in [3.8, 4) is 0 Å². The third kappa shape index (κ3) is 6.67. The Bertz CT molecular complexity index is 1220. The number of aliphatic imine (C=N–C) groups is 1. The number of rotatable bonds is 7. The van der Waals surface area contributed by atoms with Crippen LogP contribution in [0.1, 0.15) is 16.7 Å². The van der Waals surface area contributed by atoms with Gasteiger partial charge in [-0.1, -0.05) is 72.3 Å². The second-order valence-corrected chi connectivity index (χ2v) is 9.75. The van der Waals surface area contributed by atoms with E-state index in [9.17, 15) is 8.42 Å². The van der Waals surface area contributed by atoms with Gasteiger partial charge in [-0.3, -0.25) is 5.43 Å². The summed E-state index contributed by atoms with van der Waals surface area (Å²) in [5.74, 6) is 0.517. The van der Waals surface area contributed by atoms with Gasteiger partial charge in [0.25, 0.3) is 10.0 Å². The number of nitrogens with zero attached hydrogens (tertiary/aromatic N) is 2. The second kappa shape index (κ2) is 11.3. The fraction of sp³-hybridized carbons (Fsp3) is 0.130. The van der Waals surface area contributed by atoms with E-state index in [1.54, 1.807) is 26.1 Å². The van der Waals surface area contributed by atoms with E-state index in [0.717, 1.165) is 11.1 Å². The van der Waals surface area contributed by atoms with Crippen molar-refractivity contribution in [1.29, 1.82) is 0 Å². The highest BCUT2D eigenvalue weighted by Crippen LogP contribution is 2.34. The van der Waals surface area contributed by atoms with Gasteiger partial charge in [0.2, 0.25) is 5.96 Å². The third-order valence-electron chi connectivity index (χ3n) is 4.32. The van der Waals surface area contributed by atoms with Crippen LogP contribution in [0.5, 0.6) is 0 Å². The van der Waals surface area contributed by atoms with Crippen LogP contribution in [0.4, 0.5) is 0 Å². The Morgan fingerprint density at radius 3 is 2.38 bits per heavy atom. The average Bonchev–Trinajstić information content (AvgIpc) is 2.79. The molecule has 0 aliphatic rings. The molecule has 3 aromatic rings. The maximum Gasteiger partial charge on any atom is 0.286 e. The Hall–Kier alpha value is -2.65. The molecular formula is C23H23ClN4O2S2. The van der Waals surface area contributed by atoms with Crippen LogP contribution < -0.4 is 10.9 Å². The number of thioether (sulfide) groups is 1. The molecule has 0 amide bonds. The van der Waals surface area contributed by atoms with Crippen molar-refractivity contribution in [2.45, 2.75) is 22.5 Å². The van der Waals surface area contributed by atoms with E-state index in [-0.39, 0.29) is 10.9 Å². The van der Waals surface area contributed by atoms with Crippen LogP contribution in [0.15, 0.2) is 92.0 Å². The smallest absolute Gasteiger partial charge is 0.286 e. The first-order valence-corrected chi connectivity index (χ1v) is 12.5. The Morgan fingerprint density at radius 1 is 1.06 bits per heavy atom. The van der Waals surface area contributed by atoms with Crippen molar-refractivity contribution < 1.29 is 8.42 Å². The minimum atomic E-state index is -4.07. The van der Waals surface area contributed by atoms with Gasteiger partial charge >= 0.3 is 0 Å². The van der Waals surface area contributed by atoms with Crippen molar-refractivity contribution in [1.82, 2.24) is 10.9 Å². The van der Waals surface area contributed by atoms with Crippen molar-refractivity contribution in [3.63, 3.8) is 0 Å². The van der Waals surface area contributed by atoms with Crippen LogP contribution in [0.2, 0.25) is 5.02 Å². The molecule has 6 nitrogen and oxygen atoms in total. The summed E-state index contributed by atoms with van der Waals surface area (Å²) in [5, 5.41) is 0.499. The molecule has 166 valence electrons. The third-order valence-corrected chi connectivity index (χ3v) is 7.29. The van der Waals surface area contributed by atoms with E-state index >= 15 is 0 Å². The number of halogens is 1. The molecule has 0 atom stereocenters. The number of hydrogen-bond acceptors (Lipinski definition) is 4. The zero-order valence-electron chi connectivity index (χ0n) is 17.6. The zero-order chi connectivity index (χ0) is 23.0. The van der Waals surface area contributed by atoms with Crippen molar-refractivity contribution in [2.24, 2.45) is 9.39 Å². The summed E-state index contributed by atoms with van der Waals surface area (Å²) in [5.41, 5.74) is 7.89. The normalized spacial score (nSPS) is 12.3. The summed E-state index contributed by atoms with van der Waals surface area (Å²) in [6, 6.07) is 22.4. The molecule has 0 heterocycles. The fourth-order valence-corrected chi connectivity index (χ4v) is 5.41. The Labute approximate surface area is 197 Å². The van der Waals surface area contributed by atoms with Crippen LogP contribution in [0.25, 0.3) is 0 Å². The van der Waals surface area contributed by atoms with Gasteiger partial charge in [0.1, 0.15) is 4.90 Å². The first-order valence-electron chi connectivity index (χ1n) is 9.73. The number of sulfonamides is 1. The predicted octanol–water partition coefficient (Wildman–Crippen LogP) is 4.83. The molecule has 2 N–H and O–H groups in total. The molecule has 0 unspecified atom stereocenters. The van der Waals surface area contributed by atoms with Crippen molar-refractivity contribution in [2.75, 3.05) is 7.05 Å². The zero-order valence-corrected chi connectivity index (χ0v) is 20.0. The van der Waals surface area contributed by atoms with E-state index in [0.29, 0.717) is 21.2 Å².